The molecular formula is C22H15N3O3. The van der Waals surface area contributed by atoms with Gasteiger partial charge in [0.05, 0.1) is 16.6 Å². The summed E-state index contributed by atoms with van der Waals surface area (Å²) in [5.74, 6) is -0.724. The van der Waals surface area contributed by atoms with Crippen molar-refractivity contribution in [2.45, 2.75) is 0 Å². The number of aromatic nitrogens is 2. The molecule has 0 aliphatic heterocycles. The molecule has 0 amide bonds. The fraction of sp³-hybridized carbons (Fsp3) is 0.0455. The number of imidazole rings is 1. The molecule has 0 unspecified atom stereocenters. The molecule has 0 aliphatic carbocycles. The van der Waals surface area contributed by atoms with Crippen molar-refractivity contribution in [1.82, 2.24) is 9.97 Å². The van der Waals surface area contributed by atoms with Crippen molar-refractivity contribution in [2.75, 3.05) is 6.61 Å². The molecule has 0 bridgehead atoms. The number of ether oxygens (including phenoxy) is 1. The number of rotatable bonds is 4. The van der Waals surface area contributed by atoms with Crippen LogP contribution < -0.4 is 0 Å². The minimum atomic E-state index is -0.584. The van der Waals surface area contributed by atoms with Crippen LogP contribution in [0.1, 0.15) is 16.2 Å². The van der Waals surface area contributed by atoms with Crippen LogP contribution in [0.4, 0.5) is 0 Å². The predicted octanol–water partition coefficient (Wildman–Crippen LogP) is 4.37. The second-order valence-corrected chi connectivity index (χ2v) is 6.17. The van der Waals surface area contributed by atoms with E-state index in [9.17, 15) is 15.2 Å². The summed E-state index contributed by atoms with van der Waals surface area (Å²) >= 11 is 0. The number of aromatic amines is 1. The Balaban J connectivity index is 1.54. The highest BCUT2D eigenvalue weighted by Gasteiger charge is 2.15. The number of fused-ring (bicyclic) bond motifs is 2. The third kappa shape index (κ3) is 3.29. The molecule has 2 N–H and O–H groups in total. The van der Waals surface area contributed by atoms with Crippen LogP contribution in [-0.4, -0.2) is 27.7 Å². The van der Waals surface area contributed by atoms with Crippen LogP contribution in [0.3, 0.4) is 0 Å². The SMILES string of the molecule is N#C/C(=C(/O)COC(=O)c1ccc2ccccc2c1)c1nc2ccccc2[nH]1. The summed E-state index contributed by atoms with van der Waals surface area (Å²) in [5, 5.41) is 21.6. The minimum Gasteiger partial charge on any atom is -0.507 e. The van der Waals surface area contributed by atoms with Crippen LogP contribution in [-0.2, 0) is 4.74 Å². The molecule has 4 rings (SSSR count). The fourth-order valence-electron chi connectivity index (χ4n) is 2.93. The van der Waals surface area contributed by atoms with Gasteiger partial charge in [0.1, 0.15) is 18.2 Å². The highest BCUT2D eigenvalue weighted by molar-refractivity contribution is 5.95. The summed E-state index contributed by atoms with van der Waals surface area (Å²) in [6.45, 7) is -0.425. The topological polar surface area (TPSA) is 99.0 Å². The average Bonchev–Trinajstić information content (AvgIpc) is 3.15. The van der Waals surface area contributed by atoms with E-state index in [1.807, 2.05) is 54.6 Å². The first-order chi connectivity index (χ1) is 13.7. The van der Waals surface area contributed by atoms with E-state index in [1.165, 1.54) is 0 Å². The summed E-state index contributed by atoms with van der Waals surface area (Å²) in [6.07, 6.45) is 0. The quantitative estimate of drug-likeness (QED) is 0.316. The number of esters is 1. The Morgan fingerprint density at radius 2 is 1.82 bits per heavy atom. The number of nitrogens with one attached hydrogen (secondary N) is 1. The first kappa shape index (κ1) is 17.3. The first-order valence-corrected chi connectivity index (χ1v) is 8.59. The highest BCUT2D eigenvalue weighted by Crippen LogP contribution is 2.20. The lowest BCUT2D eigenvalue weighted by Gasteiger charge is -2.06. The molecule has 3 aromatic carbocycles. The summed E-state index contributed by atoms with van der Waals surface area (Å²) in [6, 6.07) is 22.1. The maximum Gasteiger partial charge on any atom is 0.338 e. The molecular weight excluding hydrogens is 354 g/mol. The minimum absolute atomic E-state index is 0.0671. The smallest absolute Gasteiger partial charge is 0.338 e. The first-order valence-electron chi connectivity index (χ1n) is 8.59. The van der Waals surface area contributed by atoms with Gasteiger partial charge in [0, 0.05) is 0 Å². The van der Waals surface area contributed by atoms with E-state index in [1.54, 1.807) is 18.2 Å². The molecule has 28 heavy (non-hydrogen) atoms. The number of carbonyl (C=O) groups is 1. The molecule has 1 heterocycles. The van der Waals surface area contributed by atoms with E-state index in [-0.39, 0.29) is 17.2 Å². The van der Waals surface area contributed by atoms with Crippen molar-refractivity contribution in [3.63, 3.8) is 0 Å². The van der Waals surface area contributed by atoms with Crippen LogP contribution in [0.2, 0.25) is 0 Å². The monoisotopic (exact) mass is 369 g/mol. The number of hydrogen-bond acceptors (Lipinski definition) is 5. The summed E-state index contributed by atoms with van der Waals surface area (Å²) < 4.78 is 5.18. The third-order valence-electron chi connectivity index (χ3n) is 4.35. The van der Waals surface area contributed by atoms with Gasteiger partial charge in [0.2, 0.25) is 0 Å². The van der Waals surface area contributed by atoms with Gasteiger partial charge in [-0.25, -0.2) is 9.78 Å². The van der Waals surface area contributed by atoms with Crippen LogP contribution in [0.25, 0.3) is 27.4 Å². The Kier molecular flexibility index (Phi) is 4.48. The van der Waals surface area contributed by atoms with Crippen LogP contribution >= 0.6 is 0 Å². The number of benzene rings is 3. The standard InChI is InChI=1S/C22H15N3O3/c23-12-17(21-24-18-7-3-4-8-19(18)25-21)20(26)13-28-22(27)16-10-9-14-5-1-2-6-15(14)11-16/h1-11,26H,13H2,(H,24,25)/b20-17-. The second kappa shape index (κ2) is 7.25. The van der Waals surface area contributed by atoms with E-state index < -0.39 is 12.6 Å². The Hall–Kier alpha value is -4.11. The Bertz CT molecular complexity index is 1230. The molecule has 0 spiro atoms. The number of allylic oxidation sites excluding steroid dienone is 1. The van der Waals surface area contributed by atoms with Gasteiger partial charge in [-0.3, -0.25) is 0 Å². The number of para-hydroxylation sites is 2. The van der Waals surface area contributed by atoms with Gasteiger partial charge in [-0.1, -0.05) is 42.5 Å². The molecule has 0 saturated heterocycles. The molecule has 136 valence electrons. The largest absolute Gasteiger partial charge is 0.507 e. The number of aliphatic hydroxyl groups excluding tert-OH is 1. The number of nitriles is 1. The Morgan fingerprint density at radius 1 is 1.07 bits per heavy atom. The molecule has 1 aromatic heterocycles. The van der Waals surface area contributed by atoms with Gasteiger partial charge in [0.15, 0.2) is 11.6 Å². The molecule has 6 heteroatoms. The summed E-state index contributed by atoms with van der Waals surface area (Å²) in [4.78, 5) is 19.6. The lowest BCUT2D eigenvalue weighted by molar-refractivity contribution is 0.0503. The van der Waals surface area contributed by atoms with E-state index in [4.69, 9.17) is 4.74 Å². The lowest BCUT2D eigenvalue weighted by Crippen LogP contribution is -2.09. The fourth-order valence-corrected chi connectivity index (χ4v) is 2.93. The van der Waals surface area contributed by atoms with Gasteiger partial charge in [-0.2, -0.15) is 5.26 Å². The van der Waals surface area contributed by atoms with Crippen molar-refractivity contribution >= 4 is 33.3 Å². The van der Waals surface area contributed by atoms with E-state index in [0.29, 0.717) is 11.1 Å². The molecule has 0 atom stereocenters. The molecule has 0 saturated carbocycles. The number of H-pyrrole nitrogens is 1. The zero-order valence-electron chi connectivity index (χ0n) is 14.7. The van der Waals surface area contributed by atoms with Gasteiger partial charge < -0.3 is 14.8 Å². The van der Waals surface area contributed by atoms with Gasteiger partial charge in [-0.05, 0) is 35.0 Å². The average molecular weight is 369 g/mol. The Labute approximate surface area is 160 Å². The van der Waals surface area contributed by atoms with E-state index >= 15 is 0 Å². The van der Waals surface area contributed by atoms with E-state index in [0.717, 1.165) is 16.3 Å². The van der Waals surface area contributed by atoms with Gasteiger partial charge in [0.25, 0.3) is 0 Å². The third-order valence-corrected chi connectivity index (χ3v) is 4.35. The number of aliphatic hydroxyl groups is 1. The van der Waals surface area contributed by atoms with Crippen molar-refractivity contribution < 1.29 is 14.6 Å². The lowest BCUT2D eigenvalue weighted by atomic mass is 10.1. The number of hydrogen-bond donors (Lipinski definition) is 2. The number of nitrogens with zero attached hydrogens (tertiary/aromatic N) is 2. The maximum atomic E-state index is 12.3. The molecule has 0 radical (unpaired) electrons. The zero-order chi connectivity index (χ0) is 19.5. The molecule has 4 aromatic rings. The van der Waals surface area contributed by atoms with Crippen molar-refractivity contribution in [2.24, 2.45) is 0 Å². The summed E-state index contributed by atoms with van der Waals surface area (Å²) in [5.41, 5.74) is 1.72. The predicted molar refractivity (Wildman–Crippen MR) is 105 cm³/mol. The second-order valence-electron chi connectivity index (χ2n) is 6.17. The number of carbonyl (C=O) groups excluding carboxylic acids is 1. The zero-order valence-corrected chi connectivity index (χ0v) is 14.7. The Morgan fingerprint density at radius 3 is 2.61 bits per heavy atom. The molecule has 0 aliphatic rings. The van der Waals surface area contributed by atoms with Crippen molar-refractivity contribution in [3.05, 3.63) is 83.9 Å². The maximum absolute atomic E-state index is 12.3. The molecule has 6 nitrogen and oxygen atoms in total. The van der Waals surface area contributed by atoms with Crippen molar-refractivity contribution in [1.29, 1.82) is 5.26 Å². The van der Waals surface area contributed by atoms with Gasteiger partial charge in [-0.15, -0.1) is 0 Å². The molecule has 0 fully saturated rings. The van der Waals surface area contributed by atoms with Crippen LogP contribution in [0.15, 0.2) is 72.5 Å². The van der Waals surface area contributed by atoms with Gasteiger partial charge >= 0.3 is 5.97 Å². The summed E-state index contributed by atoms with van der Waals surface area (Å²) in [7, 11) is 0. The van der Waals surface area contributed by atoms with E-state index in [2.05, 4.69) is 9.97 Å². The normalized spacial score (nSPS) is 11.8. The highest BCUT2D eigenvalue weighted by atomic mass is 16.5. The van der Waals surface area contributed by atoms with Crippen LogP contribution in [0, 0.1) is 11.3 Å². The van der Waals surface area contributed by atoms with Crippen LogP contribution in [0.5, 0.6) is 0 Å². The van der Waals surface area contributed by atoms with Crippen molar-refractivity contribution in [3.8, 4) is 6.07 Å².